The lowest BCUT2D eigenvalue weighted by atomic mass is 10.1. The standard InChI is InChI=1S/C22H29FN4O/c1-4-27(5-2)21(28)19-11-9-18(10-12-19)16-26-22(24-3)25-14-13-17-7-6-8-20(23)15-17/h6-12,15H,4-5,13-14,16H2,1-3H3,(H2,24,25,26). The van der Waals surface area contributed by atoms with Gasteiger partial charge in [0, 0.05) is 38.8 Å². The molecule has 0 aliphatic heterocycles. The molecule has 2 N–H and O–H groups in total. The van der Waals surface area contributed by atoms with E-state index in [2.05, 4.69) is 15.6 Å². The minimum absolute atomic E-state index is 0.0549. The van der Waals surface area contributed by atoms with Gasteiger partial charge in [-0.2, -0.15) is 0 Å². The van der Waals surface area contributed by atoms with Crippen LogP contribution in [0, 0.1) is 5.82 Å². The van der Waals surface area contributed by atoms with Crippen molar-refractivity contribution in [3.63, 3.8) is 0 Å². The van der Waals surface area contributed by atoms with Gasteiger partial charge in [-0.25, -0.2) is 4.39 Å². The van der Waals surface area contributed by atoms with E-state index in [4.69, 9.17) is 0 Å². The Morgan fingerprint density at radius 1 is 1.04 bits per heavy atom. The van der Waals surface area contributed by atoms with Crippen LogP contribution >= 0.6 is 0 Å². The Morgan fingerprint density at radius 3 is 2.36 bits per heavy atom. The van der Waals surface area contributed by atoms with E-state index in [1.165, 1.54) is 6.07 Å². The van der Waals surface area contributed by atoms with Crippen molar-refractivity contribution in [2.45, 2.75) is 26.8 Å². The highest BCUT2D eigenvalue weighted by Crippen LogP contribution is 2.08. The lowest BCUT2D eigenvalue weighted by Gasteiger charge is -2.18. The molecule has 0 spiro atoms. The number of guanidine groups is 1. The van der Waals surface area contributed by atoms with Gasteiger partial charge in [-0.05, 0) is 55.7 Å². The second-order valence-electron chi connectivity index (χ2n) is 6.41. The van der Waals surface area contributed by atoms with Crippen molar-refractivity contribution < 1.29 is 9.18 Å². The minimum atomic E-state index is -0.220. The highest BCUT2D eigenvalue weighted by Gasteiger charge is 2.11. The molecule has 0 saturated heterocycles. The lowest BCUT2D eigenvalue weighted by Crippen LogP contribution is -2.37. The summed E-state index contributed by atoms with van der Waals surface area (Å²) >= 11 is 0. The molecule has 6 heteroatoms. The fraction of sp³-hybridized carbons (Fsp3) is 0.364. The average Bonchev–Trinajstić information content (AvgIpc) is 2.72. The van der Waals surface area contributed by atoms with Crippen molar-refractivity contribution >= 4 is 11.9 Å². The molecule has 2 rings (SSSR count). The number of benzene rings is 2. The van der Waals surface area contributed by atoms with Crippen molar-refractivity contribution in [3.05, 3.63) is 71.0 Å². The molecule has 0 bridgehead atoms. The molecule has 0 aliphatic rings. The van der Waals surface area contributed by atoms with E-state index >= 15 is 0 Å². The summed E-state index contributed by atoms with van der Waals surface area (Å²) < 4.78 is 13.2. The van der Waals surface area contributed by atoms with Gasteiger partial charge < -0.3 is 15.5 Å². The summed E-state index contributed by atoms with van der Waals surface area (Å²) in [5, 5.41) is 6.47. The van der Waals surface area contributed by atoms with Crippen LogP contribution in [0.3, 0.4) is 0 Å². The molecule has 28 heavy (non-hydrogen) atoms. The normalized spacial score (nSPS) is 11.2. The molecule has 150 valence electrons. The van der Waals surface area contributed by atoms with Crippen LogP contribution in [0.25, 0.3) is 0 Å². The largest absolute Gasteiger partial charge is 0.356 e. The zero-order valence-electron chi connectivity index (χ0n) is 16.8. The van der Waals surface area contributed by atoms with E-state index in [1.807, 2.05) is 44.2 Å². The molecule has 0 atom stereocenters. The van der Waals surface area contributed by atoms with Crippen molar-refractivity contribution in [1.82, 2.24) is 15.5 Å². The summed E-state index contributed by atoms with van der Waals surface area (Å²) in [7, 11) is 1.71. The second kappa shape index (κ2) is 11.1. The first-order valence-electron chi connectivity index (χ1n) is 9.64. The van der Waals surface area contributed by atoms with Crippen molar-refractivity contribution in [1.29, 1.82) is 0 Å². The van der Waals surface area contributed by atoms with Crippen LogP contribution in [-0.4, -0.2) is 43.4 Å². The fourth-order valence-corrected chi connectivity index (χ4v) is 2.88. The van der Waals surface area contributed by atoms with E-state index in [-0.39, 0.29) is 11.7 Å². The SMILES string of the molecule is CCN(CC)C(=O)c1ccc(CNC(=NC)NCCc2cccc(F)c2)cc1. The number of amides is 1. The molecule has 0 radical (unpaired) electrons. The molecule has 0 saturated carbocycles. The van der Waals surface area contributed by atoms with Gasteiger partial charge >= 0.3 is 0 Å². The van der Waals surface area contributed by atoms with Crippen LogP contribution in [0.5, 0.6) is 0 Å². The van der Waals surface area contributed by atoms with Crippen LogP contribution in [0.15, 0.2) is 53.5 Å². The molecule has 1 amide bonds. The van der Waals surface area contributed by atoms with E-state index in [9.17, 15) is 9.18 Å². The number of hydrogen-bond acceptors (Lipinski definition) is 2. The smallest absolute Gasteiger partial charge is 0.253 e. The van der Waals surface area contributed by atoms with Crippen LogP contribution in [0.2, 0.25) is 0 Å². The molecule has 0 fully saturated rings. The predicted octanol–water partition coefficient (Wildman–Crippen LogP) is 3.22. The highest BCUT2D eigenvalue weighted by atomic mass is 19.1. The van der Waals surface area contributed by atoms with Gasteiger partial charge in [-0.1, -0.05) is 24.3 Å². The third-order valence-electron chi connectivity index (χ3n) is 4.53. The Kier molecular flexibility index (Phi) is 8.46. The Bertz CT molecular complexity index is 785. The summed E-state index contributed by atoms with van der Waals surface area (Å²) in [6.07, 6.45) is 0.709. The topological polar surface area (TPSA) is 56.7 Å². The highest BCUT2D eigenvalue weighted by molar-refractivity contribution is 5.94. The average molecular weight is 384 g/mol. The molecule has 0 heterocycles. The number of carbonyl (C=O) groups excluding carboxylic acids is 1. The first-order valence-corrected chi connectivity index (χ1v) is 9.64. The molecule has 5 nitrogen and oxygen atoms in total. The first-order chi connectivity index (χ1) is 13.6. The van der Waals surface area contributed by atoms with Crippen molar-refractivity contribution in [2.75, 3.05) is 26.7 Å². The zero-order valence-corrected chi connectivity index (χ0v) is 16.8. The van der Waals surface area contributed by atoms with Crippen LogP contribution in [0.4, 0.5) is 4.39 Å². The zero-order chi connectivity index (χ0) is 20.4. The summed E-state index contributed by atoms with van der Waals surface area (Å²) in [5.74, 6) is 0.516. The second-order valence-corrected chi connectivity index (χ2v) is 6.41. The van der Waals surface area contributed by atoms with E-state index in [0.29, 0.717) is 44.1 Å². The van der Waals surface area contributed by atoms with E-state index < -0.39 is 0 Å². The van der Waals surface area contributed by atoms with Gasteiger partial charge in [0.2, 0.25) is 0 Å². The minimum Gasteiger partial charge on any atom is -0.356 e. The van der Waals surface area contributed by atoms with Gasteiger partial charge in [-0.3, -0.25) is 9.79 Å². The molecule has 0 aromatic heterocycles. The molecular weight excluding hydrogens is 355 g/mol. The number of nitrogens with one attached hydrogen (secondary N) is 2. The maximum atomic E-state index is 13.2. The Morgan fingerprint density at radius 2 is 1.75 bits per heavy atom. The third-order valence-corrected chi connectivity index (χ3v) is 4.53. The lowest BCUT2D eigenvalue weighted by molar-refractivity contribution is 0.0773. The number of hydrogen-bond donors (Lipinski definition) is 2. The molecule has 0 unspecified atom stereocenters. The van der Waals surface area contributed by atoms with Crippen molar-refractivity contribution in [3.8, 4) is 0 Å². The van der Waals surface area contributed by atoms with E-state index in [0.717, 1.165) is 11.1 Å². The monoisotopic (exact) mass is 384 g/mol. The summed E-state index contributed by atoms with van der Waals surface area (Å²) in [6, 6.07) is 14.2. The van der Waals surface area contributed by atoms with Crippen molar-refractivity contribution in [2.24, 2.45) is 4.99 Å². The third kappa shape index (κ3) is 6.37. The predicted molar refractivity (Wildman–Crippen MR) is 112 cm³/mol. The molecule has 2 aromatic rings. The Hall–Kier alpha value is -2.89. The van der Waals surface area contributed by atoms with Gasteiger partial charge in [0.25, 0.3) is 5.91 Å². The van der Waals surface area contributed by atoms with Gasteiger partial charge in [-0.15, -0.1) is 0 Å². The van der Waals surface area contributed by atoms with Crippen LogP contribution in [0.1, 0.15) is 35.3 Å². The Labute approximate surface area is 166 Å². The summed E-state index contributed by atoms with van der Waals surface area (Å²) in [4.78, 5) is 18.4. The van der Waals surface area contributed by atoms with Gasteiger partial charge in [0.15, 0.2) is 5.96 Å². The Balaban J connectivity index is 1.82. The molecule has 0 aliphatic carbocycles. The summed E-state index contributed by atoms with van der Waals surface area (Å²) in [5.41, 5.74) is 2.70. The first kappa shape index (κ1) is 21.4. The molecular formula is C22H29FN4O. The fourth-order valence-electron chi connectivity index (χ4n) is 2.88. The quantitative estimate of drug-likeness (QED) is 0.543. The maximum Gasteiger partial charge on any atom is 0.253 e. The number of aliphatic imine (C=N–C) groups is 1. The number of nitrogens with zero attached hydrogens (tertiary/aromatic N) is 2. The maximum absolute atomic E-state index is 13.2. The van der Waals surface area contributed by atoms with E-state index in [1.54, 1.807) is 24.1 Å². The molecule has 2 aromatic carbocycles. The van der Waals surface area contributed by atoms with Gasteiger partial charge in [0.05, 0.1) is 0 Å². The van der Waals surface area contributed by atoms with Crippen LogP contribution < -0.4 is 10.6 Å². The number of halogens is 1. The summed E-state index contributed by atoms with van der Waals surface area (Å²) in [6.45, 7) is 6.62. The number of rotatable bonds is 8. The van der Waals surface area contributed by atoms with Crippen LogP contribution in [-0.2, 0) is 13.0 Å². The van der Waals surface area contributed by atoms with Gasteiger partial charge in [0.1, 0.15) is 5.82 Å². The number of carbonyl (C=O) groups is 1.